The topological polar surface area (TPSA) is 290 Å². The highest BCUT2D eigenvalue weighted by Gasteiger charge is 2.52. The van der Waals surface area contributed by atoms with Crippen LogP contribution in [0.15, 0.2) is 0 Å². The SMILES string of the molecule is CNC1C(O)C(OC2C(NC(=O)C(O)CN)CC(N)C(OC3OC(CNCC(O)CO)CCC3N)C2O)OCC1(C)O. The number of hydrogen-bond acceptors (Lipinski definition) is 16. The van der Waals surface area contributed by atoms with Crippen LogP contribution in [0, 0.1) is 0 Å². The van der Waals surface area contributed by atoms with E-state index in [1.165, 1.54) is 6.92 Å². The molecule has 0 aromatic carbocycles. The Morgan fingerprint density at radius 2 is 1.79 bits per heavy atom. The summed E-state index contributed by atoms with van der Waals surface area (Å²) in [4.78, 5) is 12.5. The molecule has 0 aromatic heterocycles. The van der Waals surface area contributed by atoms with E-state index in [9.17, 15) is 30.3 Å². The lowest BCUT2D eigenvalue weighted by atomic mass is 9.83. The van der Waals surface area contributed by atoms with E-state index in [2.05, 4.69) is 16.0 Å². The standard InChI is InChI=1S/C25H50N6O11/c1-25(38)10-39-24(18(36)21(25)29-2)42-20-15(31-22(37)16(34)6-26)5-14(28)19(17(20)35)41-23-13(27)4-3-12(40-23)8-30-7-11(33)9-32/h11-21,23-24,29-30,32-36,38H,3-10,26-28H2,1-2H3,(H,31,37). The van der Waals surface area contributed by atoms with Crippen molar-refractivity contribution < 1.29 is 54.4 Å². The monoisotopic (exact) mass is 610 g/mol. The highest BCUT2D eigenvalue weighted by Crippen LogP contribution is 2.32. The molecule has 2 heterocycles. The van der Waals surface area contributed by atoms with Gasteiger partial charge in [-0.1, -0.05) is 0 Å². The zero-order chi connectivity index (χ0) is 31.2. The van der Waals surface area contributed by atoms with Gasteiger partial charge in [0.2, 0.25) is 5.91 Å². The van der Waals surface area contributed by atoms with Crippen LogP contribution in [0.25, 0.3) is 0 Å². The maximum Gasteiger partial charge on any atom is 0.250 e. The lowest BCUT2D eigenvalue weighted by Crippen LogP contribution is -2.69. The molecule has 17 nitrogen and oxygen atoms in total. The maximum absolute atomic E-state index is 12.5. The predicted molar refractivity (Wildman–Crippen MR) is 146 cm³/mol. The molecule has 15 N–H and O–H groups in total. The van der Waals surface area contributed by atoms with Gasteiger partial charge in [0.15, 0.2) is 12.6 Å². The third kappa shape index (κ3) is 8.74. The summed E-state index contributed by atoms with van der Waals surface area (Å²) in [6.45, 7) is 1.12. The molecule has 1 aliphatic carbocycles. The Hall–Kier alpha value is -1.13. The Morgan fingerprint density at radius 3 is 2.43 bits per heavy atom. The first kappa shape index (κ1) is 35.4. The lowest BCUT2D eigenvalue weighted by molar-refractivity contribution is -0.307. The maximum atomic E-state index is 12.5. The summed E-state index contributed by atoms with van der Waals surface area (Å²) in [6, 6.07) is -3.15. The van der Waals surface area contributed by atoms with Crippen LogP contribution >= 0.6 is 0 Å². The molecule has 0 aromatic rings. The summed E-state index contributed by atoms with van der Waals surface area (Å²) in [5, 5.41) is 70.0. The van der Waals surface area contributed by atoms with Crippen molar-refractivity contribution in [2.24, 2.45) is 17.2 Å². The fourth-order valence-corrected chi connectivity index (χ4v) is 5.63. The number of nitrogens with two attached hydrogens (primary N) is 3. The van der Waals surface area contributed by atoms with Crippen molar-refractivity contribution in [3.8, 4) is 0 Å². The van der Waals surface area contributed by atoms with Crippen molar-refractivity contribution in [2.75, 3.05) is 39.9 Å². The van der Waals surface area contributed by atoms with Crippen molar-refractivity contribution in [3.63, 3.8) is 0 Å². The highest BCUT2D eigenvalue weighted by molar-refractivity contribution is 5.81. The van der Waals surface area contributed by atoms with Crippen molar-refractivity contribution in [3.05, 3.63) is 0 Å². The number of aliphatic hydroxyl groups is 6. The smallest absolute Gasteiger partial charge is 0.250 e. The Bertz CT molecular complexity index is 847. The van der Waals surface area contributed by atoms with Crippen LogP contribution in [-0.2, 0) is 23.7 Å². The van der Waals surface area contributed by atoms with Crippen molar-refractivity contribution >= 4 is 5.91 Å². The van der Waals surface area contributed by atoms with Gasteiger partial charge in [0, 0.05) is 25.7 Å². The van der Waals surface area contributed by atoms with Gasteiger partial charge in [-0.15, -0.1) is 0 Å². The van der Waals surface area contributed by atoms with Crippen LogP contribution < -0.4 is 33.2 Å². The second-order valence-electron chi connectivity index (χ2n) is 11.6. The number of amides is 1. The van der Waals surface area contributed by atoms with Gasteiger partial charge in [0.1, 0.15) is 36.1 Å². The van der Waals surface area contributed by atoms with Gasteiger partial charge in [-0.25, -0.2) is 0 Å². The Balaban J connectivity index is 1.75. The van der Waals surface area contributed by atoms with E-state index in [1.54, 1.807) is 7.05 Å². The number of aliphatic hydroxyl groups excluding tert-OH is 5. The number of likely N-dealkylation sites (N-methyl/N-ethyl adjacent to an activating group) is 1. The van der Waals surface area contributed by atoms with Gasteiger partial charge in [-0.2, -0.15) is 0 Å². The number of rotatable bonds is 13. The van der Waals surface area contributed by atoms with E-state index in [4.69, 9.17) is 41.3 Å². The van der Waals surface area contributed by atoms with E-state index in [0.717, 1.165) is 0 Å². The van der Waals surface area contributed by atoms with Gasteiger partial charge in [-0.3, -0.25) is 4.79 Å². The Morgan fingerprint density at radius 1 is 1.10 bits per heavy atom. The molecule has 14 unspecified atom stereocenters. The van der Waals surface area contributed by atoms with Gasteiger partial charge < -0.3 is 82.7 Å². The fraction of sp³-hybridized carbons (Fsp3) is 0.960. The van der Waals surface area contributed by atoms with Crippen LogP contribution in [0.4, 0.5) is 0 Å². The molecule has 1 amide bonds. The van der Waals surface area contributed by atoms with Gasteiger partial charge >= 0.3 is 0 Å². The zero-order valence-corrected chi connectivity index (χ0v) is 24.1. The zero-order valence-electron chi connectivity index (χ0n) is 24.1. The van der Waals surface area contributed by atoms with Gasteiger partial charge in [0.25, 0.3) is 0 Å². The molecular weight excluding hydrogens is 560 g/mol. The van der Waals surface area contributed by atoms with Crippen molar-refractivity contribution in [1.29, 1.82) is 0 Å². The van der Waals surface area contributed by atoms with E-state index in [-0.39, 0.29) is 38.8 Å². The van der Waals surface area contributed by atoms with Crippen LogP contribution in [0.2, 0.25) is 0 Å². The summed E-state index contributed by atoms with van der Waals surface area (Å²) in [5.41, 5.74) is 16.7. The first-order valence-electron chi connectivity index (χ1n) is 14.4. The summed E-state index contributed by atoms with van der Waals surface area (Å²) < 4.78 is 23.8. The molecule has 1 saturated carbocycles. The highest BCUT2D eigenvalue weighted by atomic mass is 16.7. The number of nitrogens with one attached hydrogen (secondary N) is 3. The average Bonchev–Trinajstić information content (AvgIpc) is 2.94. The van der Waals surface area contributed by atoms with Gasteiger partial charge in [-0.05, 0) is 33.2 Å². The number of carbonyl (C=O) groups excluding carboxylic acids is 1. The molecule has 0 spiro atoms. The molecule has 3 aliphatic rings. The number of ether oxygens (including phenoxy) is 4. The molecule has 42 heavy (non-hydrogen) atoms. The summed E-state index contributed by atoms with van der Waals surface area (Å²) in [5.74, 6) is -0.796. The molecule has 0 radical (unpaired) electrons. The summed E-state index contributed by atoms with van der Waals surface area (Å²) in [7, 11) is 1.56. The molecule has 2 aliphatic heterocycles. The summed E-state index contributed by atoms with van der Waals surface area (Å²) >= 11 is 0. The molecule has 246 valence electrons. The Kier molecular flexibility index (Phi) is 13.2. The molecule has 17 heteroatoms. The van der Waals surface area contributed by atoms with E-state index in [0.29, 0.717) is 19.4 Å². The third-order valence-electron chi connectivity index (χ3n) is 8.06. The van der Waals surface area contributed by atoms with E-state index < -0.39 is 84.9 Å². The van der Waals surface area contributed by atoms with Crippen molar-refractivity contribution in [2.45, 2.75) is 111 Å². The minimum atomic E-state index is -1.51. The molecular formula is C25H50N6O11. The number of hydrogen-bond donors (Lipinski definition) is 12. The van der Waals surface area contributed by atoms with Crippen LogP contribution in [-0.4, -0.2) is 162 Å². The van der Waals surface area contributed by atoms with Crippen molar-refractivity contribution in [1.82, 2.24) is 16.0 Å². The molecule has 3 rings (SSSR count). The molecule has 0 bridgehead atoms. The third-order valence-corrected chi connectivity index (χ3v) is 8.06. The second-order valence-corrected chi connectivity index (χ2v) is 11.6. The average molecular weight is 611 g/mol. The van der Waals surface area contributed by atoms with Gasteiger partial charge in [0.05, 0.1) is 43.5 Å². The Labute approximate surface area is 245 Å². The van der Waals surface area contributed by atoms with Crippen LogP contribution in [0.5, 0.6) is 0 Å². The van der Waals surface area contributed by atoms with Crippen LogP contribution in [0.3, 0.4) is 0 Å². The minimum absolute atomic E-state index is 0.0391. The van der Waals surface area contributed by atoms with E-state index >= 15 is 0 Å². The second kappa shape index (κ2) is 15.7. The minimum Gasteiger partial charge on any atom is -0.394 e. The molecule has 14 atom stereocenters. The fourth-order valence-electron chi connectivity index (χ4n) is 5.63. The van der Waals surface area contributed by atoms with Crippen LogP contribution in [0.1, 0.15) is 26.2 Å². The largest absolute Gasteiger partial charge is 0.394 e. The first-order valence-corrected chi connectivity index (χ1v) is 14.4. The number of carbonyl (C=O) groups is 1. The molecule has 3 fully saturated rings. The summed E-state index contributed by atoms with van der Waals surface area (Å²) in [6.07, 6.45) is -8.97. The lowest BCUT2D eigenvalue weighted by Gasteiger charge is -2.49. The van der Waals surface area contributed by atoms with E-state index in [1.807, 2.05) is 0 Å². The predicted octanol–water partition coefficient (Wildman–Crippen LogP) is -6.52. The molecule has 2 saturated heterocycles. The quantitative estimate of drug-likeness (QED) is 0.0922. The first-order chi connectivity index (χ1) is 19.8. The normalized spacial score (nSPS) is 42.6.